The summed E-state index contributed by atoms with van der Waals surface area (Å²) < 4.78 is 17.5. The number of aromatic nitrogens is 3. The minimum atomic E-state index is -0.0416. The van der Waals surface area contributed by atoms with Crippen LogP contribution in [-0.2, 0) is 4.79 Å². The maximum atomic E-state index is 11.5. The van der Waals surface area contributed by atoms with Gasteiger partial charge in [0.05, 0.1) is 24.1 Å². The molecular formula is C25H32N6O4. The lowest BCUT2D eigenvalue weighted by atomic mass is 10.2. The van der Waals surface area contributed by atoms with Crippen molar-refractivity contribution in [2.45, 2.75) is 26.9 Å². The standard InChI is InChI=1S/C25H32N6O4/c1-17(2)35-22-15-20(34-12-11-30-7-9-31(10-8-30)18(3)32)14-21-24(22)25(28-16-27-21)29-19-5-6-26-23(13-19)33-4/h5-6,13-17H,7-12H2,1-4H3,(H,26,27,28,29). The minimum Gasteiger partial charge on any atom is -0.492 e. The molecular weight excluding hydrogens is 448 g/mol. The van der Waals surface area contributed by atoms with Gasteiger partial charge in [0.15, 0.2) is 0 Å². The highest BCUT2D eigenvalue weighted by molar-refractivity contribution is 5.96. The number of pyridine rings is 1. The molecule has 0 aliphatic carbocycles. The van der Waals surface area contributed by atoms with Gasteiger partial charge >= 0.3 is 0 Å². The van der Waals surface area contributed by atoms with Crippen LogP contribution in [0.5, 0.6) is 17.4 Å². The number of benzene rings is 1. The SMILES string of the molecule is COc1cc(Nc2ncnc3cc(OCCN4CCN(C(C)=O)CC4)cc(OC(C)C)c23)ccn1. The Morgan fingerprint density at radius 3 is 2.63 bits per heavy atom. The number of nitrogens with zero attached hydrogens (tertiary/aromatic N) is 5. The monoisotopic (exact) mass is 480 g/mol. The van der Waals surface area contributed by atoms with Crippen molar-refractivity contribution in [3.63, 3.8) is 0 Å². The topological polar surface area (TPSA) is 102 Å². The molecule has 3 aromatic rings. The van der Waals surface area contributed by atoms with Crippen LogP contribution < -0.4 is 19.5 Å². The molecule has 2 aromatic heterocycles. The first-order chi connectivity index (χ1) is 16.9. The van der Waals surface area contributed by atoms with E-state index in [4.69, 9.17) is 14.2 Å². The Labute approximate surface area is 205 Å². The highest BCUT2D eigenvalue weighted by Crippen LogP contribution is 2.36. The van der Waals surface area contributed by atoms with Crippen LogP contribution in [-0.4, -0.2) is 83.2 Å². The summed E-state index contributed by atoms with van der Waals surface area (Å²) in [5.74, 6) is 2.59. The largest absolute Gasteiger partial charge is 0.492 e. The number of hydrogen-bond donors (Lipinski definition) is 1. The number of carbonyl (C=O) groups excluding carboxylic acids is 1. The van der Waals surface area contributed by atoms with Gasteiger partial charge in [0.2, 0.25) is 11.8 Å². The summed E-state index contributed by atoms with van der Waals surface area (Å²) in [6.07, 6.45) is 3.14. The highest BCUT2D eigenvalue weighted by Gasteiger charge is 2.19. The van der Waals surface area contributed by atoms with E-state index in [9.17, 15) is 4.79 Å². The molecule has 1 aliphatic heterocycles. The molecule has 1 saturated heterocycles. The number of amides is 1. The molecule has 10 heteroatoms. The van der Waals surface area contributed by atoms with Gasteiger partial charge in [0.25, 0.3) is 0 Å². The number of anilines is 2. The van der Waals surface area contributed by atoms with E-state index in [1.54, 1.807) is 26.3 Å². The van der Waals surface area contributed by atoms with Gasteiger partial charge in [0.1, 0.15) is 30.3 Å². The summed E-state index contributed by atoms with van der Waals surface area (Å²) >= 11 is 0. The van der Waals surface area contributed by atoms with E-state index in [0.29, 0.717) is 35.3 Å². The Kier molecular flexibility index (Phi) is 7.81. The number of piperazine rings is 1. The molecule has 0 spiro atoms. The van der Waals surface area contributed by atoms with Gasteiger partial charge in [-0.05, 0) is 19.9 Å². The second-order valence-corrected chi connectivity index (χ2v) is 8.61. The molecule has 0 saturated carbocycles. The zero-order valence-corrected chi connectivity index (χ0v) is 20.7. The first kappa shape index (κ1) is 24.5. The maximum absolute atomic E-state index is 11.5. The van der Waals surface area contributed by atoms with E-state index >= 15 is 0 Å². The molecule has 10 nitrogen and oxygen atoms in total. The molecule has 4 rings (SSSR count). The third-order valence-electron chi connectivity index (χ3n) is 5.74. The van der Waals surface area contributed by atoms with Crippen LogP contribution in [0.4, 0.5) is 11.5 Å². The van der Waals surface area contributed by atoms with Gasteiger partial charge in [-0.15, -0.1) is 0 Å². The number of fused-ring (bicyclic) bond motifs is 1. The first-order valence-electron chi connectivity index (χ1n) is 11.8. The van der Waals surface area contributed by atoms with E-state index in [-0.39, 0.29) is 12.0 Å². The Hall–Kier alpha value is -3.66. The Morgan fingerprint density at radius 1 is 1.11 bits per heavy atom. The van der Waals surface area contributed by atoms with Gasteiger partial charge in [-0.2, -0.15) is 0 Å². The zero-order valence-electron chi connectivity index (χ0n) is 20.7. The zero-order chi connectivity index (χ0) is 24.8. The molecule has 1 aliphatic rings. The first-order valence-corrected chi connectivity index (χ1v) is 11.8. The molecule has 3 heterocycles. The molecule has 1 fully saturated rings. The number of carbonyl (C=O) groups is 1. The smallest absolute Gasteiger partial charge is 0.219 e. The molecule has 0 bridgehead atoms. The highest BCUT2D eigenvalue weighted by atomic mass is 16.5. The molecule has 0 radical (unpaired) electrons. The fourth-order valence-electron chi connectivity index (χ4n) is 3.97. The number of ether oxygens (including phenoxy) is 3. The summed E-state index contributed by atoms with van der Waals surface area (Å²) in [5.41, 5.74) is 1.50. The van der Waals surface area contributed by atoms with Crippen LogP contribution in [0.25, 0.3) is 10.9 Å². The van der Waals surface area contributed by atoms with Crippen LogP contribution >= 0.6 is 0 Å². The van der Waals surface area contributed by atoms with E-state index in [0.717, 1.165) is 43.8 Å². The van der Waals surface area contributed by atoms with Crippen LogP contribution in [0.2, 0.25) is 0 Å². The van der Waals surface area contributed by atoms with Crippen LogP contribution in [0.15, 0.2) is 36.8 Å². The molecule has 1 aromatic carbocycles. The van der Waals surface area contributed by atoms with Crippen molar-refractivity contribution in [3.05, 3.63) is 36.8 Å². The van der Waals surface area contributed by atoms with Gasteiger partial charge in [-0.25, -0.2) is 15.0 Å². The summed E-state index contributed by atoms with van der Waals surface area (Å²) in [5, 5.41) is 4.09. The second kappa shape index (κ2) is 11.2. The van der Waals surface area contributed by atoms with E-state index < -0.39 is 0 Å². The van der Waals surface area contributed by atoms with Gasteiger partial charge in [0, 0.05) is 69.7 Å². The number of methoxy groups -OCH3 is 1. The van der Waals surface area contributed by atoms with Gasteiger partial charge in [-0.1, -0.05) is 0 Å². The fourth-order valence-corrected chi connectivity index (χ4v) is 3.97. The number of rotatable bonds is 9. The lowest BCUT2D eigenvalue weighted by Crippen LogP contribution is -2.48. The third-order valence-corrected chi connectivity index (χ3v) is 5.74. The molecule has 1 amide bonds. The lowest BCUT2D eigenvalue weighted by molar-refractivity contribution is -0.130. The maximum Gasteiger partial charge on any atom is 0.219 e. The predicted molar refractivity (Wildman–Crippen MR) is 134 cm³/mol. The summed E-state index contributed by atoms with van der Waals surface area (Å²) in [7, 11) is 1.58. The van der Waals surface area contributed by atoms with Crippen molar-refractivity contribution < 1.29 is 19.0 Å². The number of nitrogens with one attached hydrogen (secondary N) is 1. The molecule has 186 valence electrons. The predicted octanol–water partition coefficient (Wildman–Crippen LogP) is 3.11. The lowest BCUT2D eigenvalue weighted by Gasteiger charge is -2.34. The second-order valence-electron chi connectivity index (χ2n) is 8.61. The minimum absolute atomic E-state index is 0.0416. The van der Waals surface area contributed by atoms with Crippen molar-refractivity contribution in [2.75, 3.05) is 51.8 Å². The molecule has 35 heavy (non-hydrogen) atoms. The van der Waals surface area contributed by atoms with E-state index in [1.807, 2.05) is 36.9 Å². The van der Waals surface area contributed by atoms with Crippen molar-refractivity contribution in [2.24, 2.45) is 0 Å². The van der Waals surface area contributed by atoms with Crippen molar-refractivity contribution in [3.8, 4) is 17.4 Å². The van der Waals surface area contributed by atoms with E-state index in [2.05, 4.69) is 25.2 Å². The average Bonchev–Trinajstić information content (AvgIpc) is 2.84. The molecule has 1 N–H and O–H groups in total. The van der Waals surface area contributed by atoms with Crippen molar-refractivity contribution in [1.29, 1.82) is 0 Å². The van der Waals surface area contributed by atoms with Gasteiger partial charge < -0.3 is 24.4 Å². The summed E-state index contributed by atoms with van der Waals surface area (Å²) in [6.45, 7) is 10.1. The summed E-state index contributed by atoms with van der Waals surface area (Å²) in [4.78, 5) is 28.8. The Balaban J connectivity index is 1.51. The summed E-state index contributed by atoms with van der Waals surface area (Å²) in [6, 6.07) is 7.42. The Morgan fingerprint density at radius 2 is 1.91 bits per heavy atom. The van der Waals surface area contributed by atoms with E-state index in [1.165, 1.54) is 6.33 Å². The van der Waals surface area contributed by atoms with Crippen LogP contribution in [0, 0.1) is 0 Å². The van der Waals surface area contributed by atoms with Crippen molar-refractivity contribution in [1.82, 2.24) is 24.8 Å². The molecule has 0 unspecified atom stereocenters. The Bertz CT molecular complexity index is 1160. The molecule has 0 atom stereocenters. The van der Waals surface area contributed by atoms with Crippen LogP contribution in [0.1, 0.15) is 20.8 Å². The normalized spacial score (nSPS) is 14.3. The van der Waals surface area contributed by atoms with Crippen LogP contribution in [0.3, 0.4) is 0 Å². The fraction of sp³-hybridized carbons (Fsp3) is 0.440. The third kappa shape index (κ3) is 6.27. The number of hydrogen-bond acceptors (Lipinski definition) is 9. The quantitative estimate of drug-likeness (QED) is 0.495. The average molecular weight is 481 g/mol. The van der Waals surface area contributed by atoms with Crippen molar-refractivity contribution >= 4 is 28.3 Å². The van der Waals surface area contributed by atoms with Gasteiger partial charge in [-0.3, -0.25) is 9.69 Å².